The molecular formula is C12H21N3O2S. The highest BCUT2D eigenvalue weighted by atomic mass is 32.2. The molecule has 2 heterocycles. The number of sulfone groups is 1. The van der Waals surface area contributed by atoms with Gasteiger partial charge >= 0.3 is 0 Å². The Morgan fingerprint density at radius 1 is 1.56 bits per heavy atom. The lowest BCUT2D eigenvalue weighted by Crippen LogP contribution is -2.15. The highest BCUT2D eigenvalue weighted by Crippen LogP contribution is 2.21. The number of hydrogen-bond donors (Lipinski definition) is 1. The summed E-state index contributed by atoms with van der Waals surface area (Å²) < 4.78 is 24.9. The largest absolute Gasteiger partial charge is 0.356 e. The normalized spacial score (nSPS) is 22.2. The molecule has 0 aliphatic carbocycles. The number of rotatable bonds is 6. The summed E-state index contributed by atoms with van der Waals surface area (Å²) in [6, 6.07) is 0. The van der Waals surface area contributed by atoms with Crippen molar-refractivity contribution in [3.05, 3.63) is 12.4 Å². The third kappa shape index (κ3) is 3.48. The summed E-state index contributed by atoms with van der Waals surface area (Å²) in [4.78, 5) is 4.27. The number of unbranched alkanes of at least 4 members (excludes halogenated alkanes) is 1. The summed E-state index contributed by atoms with van der Waals surface area (Å²) in [6.07, 6.45) is 6.71. The molecule has 0 spiro atoms. The molecule has 1 aliphatic heterocycles. The molecule has 1 N–H and O–H groups in total. The first-order valence-corrected chi connectivity index (χ1v) is 8.38. The molecule has 102 valence electrons. The van der Waals surface area contributed by atoms with Gasteiger partial charge in [0, 0.05) is 25.5 Å². The minimum atomic E-state index is -2.79. The van der Waals surface area contributed by atoms with Gasteiger partial charge in [-0.2, -0.15) is 0 Å². The fourth-order valence-electron chi connectivity index (χ4n) is 2.29. The van der Waals surface area contributed by atoms with Crippen molar-refractivity contribution in [2.75, 3.05) is 23.4 Å². The Hall–Kier alpha value is -1.04. The highest BCUT2D eigenvalue weighted by Gasteiger charge is 2.28. The monoisotopic (exact) mass is 271 g/mol. The molecule has 1 unspecified atom stereocenters. The molecule has 0 saturated carbocycles. The molecule has 1 aromatic heterocycles. The van der Waals surface area contributed by atoms with E-state index >= 15 is 0 Å². The number of imidazole rings is 1. The predicted octanol–water partition coefficient (Wildman–Crippen LogP) is 1.53. The molecular weight excluding hydrogens is 250 g/mol. The van der Waals surface area contributed by atoms with Gasteiger partial charge in [-0.25, -0.2) is 13.4 Å². The van der Waals surface area contributed by atoms with Gasteiger partial charge < -0.3 is 9.88 Å². The number of hydrogen-bond acceptors (Lipinski definition) is 4. The van der Waals surface area contributed by atoms with Crippen molar-refractivity contribution < 1.29 is 8.42 Å². The van der Waals surface area contributed by atoms with E-state index in [0.717, 1.165) is 38.3 Å². The van der Waals surface area contributed by atoms with Crippen LogP contribution in [0.2, 0.25) is 0 Å². The molecule has 0 radical (unpaired) electrons. The first kappa shape index (κ1) is 13.4. The van der Waals surface area contributed by atoms with Gasteiger partial charge in [0.1, 0.15) is 0 Å². The summed E-state index contributed by atoms with van der Waals surface area (Å²) in [6.45, 7) is 3.81. The minimum Gasteiger partial charge on any atom is -0.356 e. The van der Waals surface area contributed by atoms with Crippen LogP contribution in [0.1, 0.15) is 26.2 Å². The molecule has 0 bridgehead atoms. The molecule has 18 heavy (non-hydrogen) atoms. The lowest BCUT2D eigenvalue weighted by atomic mass is 10.1. The lowest BCUT2D eigenvalue weighted by Gasteiger charge is -2.12. The lowest BCUT2D eigenvalue weighted by molar-refractivity contribution is 0.493. The number of aromatic nitrogens is 2. The maximum atomic E-state index is 11.4. The van der Waals surface area contributed by atoms with E-state index in [-0.39, 0.29) is 5.92 Å². The van der Waals surface area contributed by atoms with Crippen molar-refractivity contribution in [2.45, 2.75) is 32.7 Å². The Labute approximate surface area is 109 Å². The van der Waals surface area contributed by atoms with Gasteiger partial charge in [-0.3, -0.25) is 0 Å². The third-order valence-electron chi connectivity index (χ3n) is 3.31. The van der Waals surface area contributed by atoms with Gasteiger partial charge in [-0.05, 0) is 18.8 Å². The van der Waals surface area contributed by atoms with E-state index < -0.39 is 9.84 Å². The van der Waals surface area contributed by atoms with Gasteiger partial charge in [-0.15, -0.1) is 0 Å². The van der Waals surface area contributed by atoms with Crippen molar-refractivity contribution in [3.8, 4) is 0 Å². The zero-order valence-corrected chi connectivity index (χ0v) is 11.6. The fourth-order valence-corrected chi connectivity index (χ4v) is 4.14. The van der Waals surface area contributed by atoms with Crippen molar-refractivity contribution in [3.63, 3.8) is 0 Å². The Bertz CT molecular complexity index is 481. The van der Waals surface area contributed by atoms with E-state index in [0.29, 0.717) is 11.5 Å². The molecule has 1 fully saturated rings. The van der Waals surface area contributed by atoms with Gasteiger partial charge in [0.05, 0.1) is 11.5 Å². The van der Waals surface area contributed by atoms with Crippen molar-refractivity contribution in [1.82, 2.24) is 9.55 Å². The van der Waals surface area contributed by atoms with Gasteiger partial charge in [-0.1, -0.05) is 13.3 Å². The average Bonchev–Trinajstić information content (AvgIpc) is 2.87. The number of nitrogens with one attached hydrogen (secondary N) is 1. The Morgan fingerprint density at radius 2 is 2.39 bits per heavy atom. The summed E-state index contributed by atoms with van der Waals surface area (Å²) in [5.74, 6) is 1.74. The second kappa shape index (κ2) is 5.73. The van der Waals surface area contributed by atoms with E-state index in [4.69, 9.17) is 0 Å². The van der Waals surface area contributed by atoms with Crippen LogP contribution in [0.3, 0.4) is 0 Å². The van der Waals surface area contributed by atoms with E-state index in [1.54, 1.807) is 6.20 Å². The van der Waals surface area contributed by atoms with Gasteiger partial charge in [0.15, 0.2) is 9.84 Å². The number of anilines is 1. The smallest absolute Gasteiger partial charge is 0.202 e. The van der Waals surface area contributed by atoms with Gasteiger partial charge in [0.2, 0.25) is 5.95 Å². The second-order valence-corrected chi connectivity index (χ2v) is 7.18. The van der Waals surface area contributed by atoms with E-state index in [1.807, 2.05) is 10.8 Å². The zero-order chi connectivity index (χ0) is 13.0. The highest BCUT2D eigenvalue weighted by molar-refractivity contribution is 7.91. The van der Waals surface area contributed by atoms with Crippen molar-refractivity contribution in [1.29, 1.82) is 0 Å². The molecule has 1 saturated heterocycles. The minimum absolute atomic E-state index is 0.232. The van der Waals surface area contributed by atoms with Crippen LogP contribution < -0.4 is 5.32 Å². The first-order chi connectivity index (χ1) is 8.61. The maximum Gasteiger partial charge on any atom is 0.202 e. The topological polar surface area (TPSA) is 64.0 Å². The van der Waals surface area contributed by atoms with Crippen LogP contribution in [0, 0.1) is 5.92 Å². The van der Waals surface area contributed by atoms with Crippen LogP contribution in [0.5, 0.6) is 0 Å². The second-order valence-electron chi connectivity index (χ2n) is 4.95. The molecule has 1 aliphatic rings. The standard InChI is InChI=1S/C12H21N3O2S/c1-2-3-5-13-12-14-6-7-15(12)9-11-4-8-18(16,17)10-11/h6-7,11H,2-5,8-10H2,1H3,(H,13,14). The molecule has 6 heteroatoms. The van der Waals surface area contributed by atoms with Crippen molar-refractivity contribution >= 4 is 15.8 Å². The molecule has 0 amide bonds. The maximum absolute atomic E-state index is 11.4. The summed E-state index contributed by atoms with van der Waals surface area (Å²) in [7, 11) is -2.79. The fraction of sp³-hybridized carbons (Fsp3) is 0.750. The molecule has 2 rings (SSSR count). The van der Waals surface area contributed by atoms with E-state index in [2.05, 4.69) is 17.2 Å². The van der Waals surface area contributed by atoms with E-state index in [9.17, 15) is 8.42 Å². The van der Waals surface area contributed by atoms with Crippen LogP contribution in [-0.2, 0) is 16.4 Å². The Balaban J connectivity index is 1.91. The Morgan fingerprint density at radius 3 is 3.06 bits per heavy atom. The predicted molar refractivity (Wildman–Crippen MR) is 72.4 cm³/mol. The SMILES string of the molecule is CCCCNc1nccn1CC1CCS(=O)(=O)C1. The van der Waals surface area contributed by atoms with Crippen LogP contribution in [0.15, 0.2) is 12.4 Å². The summed E-state index contributed by atoms with van der Waals surface area (Å²) >= 11 is 0. The molecule has 5 nitrogen and oxygen atoms in total. The third-order valence-corrected chi connectivity index (χ3v) is 5.15. The molecule has 1 aromatic rings. The summed E-state index contributed by atoms with van der Waals surface area (Å²) in [5, 5.41) is 3.29. The molecule has 1 atom stereocenters. The quantitative estimate of drug-likeness (QED) is 0.797. The van der Waals surface area contributed by atoms with E-state index in [1.165, 1.54) is 0 Å². The Kier molecular flexibility index (Phi) is 4.27. The van der Waals surface area contributed by atoms with Crippen molar-refractivity contribution in [2.24, 2.45) is 5.92 Å². The number of nitrogens with zero attached hydrogens (tertiary/aromatic N) is 2. The first-order valence-electron chi connectivity index (χ1n) is 6.56. The van der Waals surface area contributed by atoms with Crippen LogP contribution in [0.4, 0.5) is 5.95 Å². The van der Waals surface area contributed by atoms with Crippen LogP contribution in [0.25, 0.3) is 0 Å². The summed E-state index contributed by atoms with van der Waals surface area (Å²) in [5.41, 5.74) is 0. The van der Waals surface area contributed by atoms with Crippen LogP contribution >= 0.6 is 0 Å². The van der Waals surface area contributed by atoms with Gasteiger partial charge in [0.25, 0.3) is 0 Å². The average molecular weight is 271 g/mol. The molecule has 0 aromatic carbocycles. The zero-order valence-electron chi connectivity index (χ0n) is 10.8. The van der Waals surface area contributed by atoms with Crippen LogP contribution in [-0.4, -0.2) is 36.0 Å².